The summed E-state index contributed by atoms with van der Waals surface area (Å²) in [5.41, 5.74) is 1.67. The number of carbonyl (C=O) groups is 1. The van der Waals surface area contributed by atoms with Crippen molar-refractivity contribution in [2.45, 2.75) is 0 Å². The predicted molar refractivity (Wildman–Crippen MR) is 111 cm³/mol. The molecule has 7 nitrogen and oxygen atoms in total. The Morgan fingerprint density at radius 1 is 1.22 bits per heavy atom. The highest BCUT2D eigenvalue weighted by molar-refractivity contribution is 8.27. The molecule has 0 atom stereocenters. The number of thioether (sulfide) groups is 1. The third kappa shape index (κ3) is 3.79. The normalized spacial score (nSPS) is 15.5. The van der Waals surface area contributed by atoms with Crippen molar-refractivity contribution < 1.29 is 14.8 Å². The number of hydrogen-bond acceptors (Lipinski definition) is 7. The summed E-state index contributed by atoms with van der Waals surface area (Å²) in [4.78, 5) is 26.8. The standard InChI is InChI=1S/C18H15N3O4S2/c1-19(2)12-4-6-13(7-5-12)20-17(23)16(27-18(20)26)10-11-3-8-15(22)14(9-11)21(24)25/h3-10,22H,1-2H3/b16-10+. The van der Waals surface area contributed by atoms with Gasteiger partial charge in [0.05, 0.1) is 15.5 Å². The number of amides is 1. The number of anilines is 2. The molecule has 1 amide bonds. The smallest absolute Gasteiger partial charge is 0.311 e. The van der Waals surface area contributed by atoms with Crippen LogP contribution >= 0.6 is 24.0 Å². The minimum Gasteiger partial charge on any atom is -0.502 e. The molecule has 0 spiro atoms. The van der Waals surface area contributed by atoms with Crippen LogP contribution in [0, 0.1) is 10.1 Å². The number of phenolic OH excluding ortho intramolecular Hbond substituents is 1. The van der Waals surface area contributed by atoms with Gasteiger partial charge in [-0.15, -0.1) is 0 Å². The van der Waals surface area contributed by atoms with Gasteiger partial charge in [0, 0.05) is 25.8 Å². The molecule has 1 N–H and O–H groups in total. The van der Waals surface area contributed by atoms with Crippen molar-refractivity contribution in [2.24, 2.45) is 0 Å². The Morgan fingerprint density at radius 2 is 1.89 bits per heavy atom. The maximum Gasteiger partial charge on any atom is 0.311 e. The minimum atomic E-state index is -0.676. The Balaban J connectivity index is 1.91. The molecule has 0 aliphatic carbocycles. The van der Waals surface area contributed by atoms with Crippen LogP contribution in [0.2, 0.25) is 0 Å². The van der Waals surface area contributed by atoms with Crippen molar-refractivity contribution in [2.75, 3.05) is 23.9 Å². The fourth-order valence-electron chi connectivity index (χ4n) is 2.52. The summed E-state index contributed by atoms with van der Waals surface area (Å²) in [6.07, 6.45) is 1.53. The van der Waals surface area contributed by atoms with Crippen LogP contribution in [0.15, 0.2) is 47.4 Å². The molecule has 138 valence electrons. The number of hydrogen-bond donors (Lipinski definition) is 1. The SMILES string of the molecule is CN(C)c1ccc(N2C(=O)/C(=C\c3ccc(O)c([N+](=O)[O-])c3)SC2=S)cc1. The molecule has 1 fully saturated rings. The fourth-order valence-corrected chi connectivity index (χ4v) is 3.82. The van der Waals surface area contributed by atoms with Crippen LogP contribution < -0.4 is 9.80 Å². The van der Waals surface area contributed by atoms with Crippen molar-refractivity contribution >= 4 is 57.3 Å². The lowest BCUT2D eigenvalue weighted by molar-refractivity contribution is -0.385. The van der Waals surface area contributed by atoms with Crippen LogP contribution in [0.5, 0.6) is 5.75 Å². The van der Waals surface area contributed by atoms with E-state index in [2.05, 4.69) is 0 Å². The summed E-state index contributed by atoms with van der Waals surface area (Å²) in [6, 6.07) is 11.4. The van der Waals surface area contributed by atoms with Crippen LogP contribution in [0.25, 0.3) is 6.08 Å². The van der Waals surface area contributed by atoms with Gasteiger partial charge in [0.15, 0.2) is 10.1 Å². The molecule has 9 heteroatoms. The first-order valence-electron chi connectivity index (χ1n) is 7.80. The Hall–Kier alpha value is -2.91. The van der Waals surface area contributed by atoms with Gasteiger partial charge in [-0.1, -0.05) is 30.0 Å². The molecule has 1 aliphatic rings. The first-order valence-corrected chi connectivity index (χ1v) is 9.03. The van der Waals surface area contributed by atoms with E-state index in [1.807, 2.05) is 43.3 Å². The van der Waals surface area contributed by atoms with Crippen LogP contribution in [-0.4, -0.2) is 34.4 Å². The van der Waals surface area contributed by atoms with Crippen LogP contribution in [0.4, 0.5) is 17.1 Å². The van der Waals surface area contributed by atoms with Crippen molar-refractivity contribution in [3.63, 3.8) is 0 Å². The third-order valence-corrected chi connectivity index (χ3v) is 5.21. The van der Waals surface area contributed by atoms with Crippen LogP contribution in [0.1, 0.15) is 5.56 Å². The summed E-state index contributed by atoms with van der Waals surface area (Å²) in [7, 11) is 3.85. The van der Waals surface area contributed by atoms with Crippen molar-refractivity contribution in [1.29, 1.82) is 0 Å². The maximum absolute atomic E-state index is 12.8. The Kier molecular flexibility index (Phi) is 5.15. The van der Waals surface area contributed by atoms with Crippen molar-refractivity contribution in [3.8, 4) is 5.75 Å². The predicted octanol–water partition coefficient (Wildman–Crippen LogP) is 3.77. The molecule has 1 saturated heterocycles. The van der Waals surface area contributed by atoms with Gasteiger partial charge in [0.2, 0.25) is 0 Å². The van der Waals surface area contributed by atoms with E-state index in [0.717, 1.165) is 17.4 Å². The van der Waals surface area contributed by atoms with Gasteiger partial charge in [-0.05, 0) is 42.0 Å². The third-order valence-electron chi connectivity index (χ3n) is 3.91. The lowest BCUT2D eigenvalue weighted by Gasteiger charge is -2.17. The van der Waals surface area contributed by atoms with Crippen molar-refractivity contribution in [3.05, 3.63) is 63.0 Å². The number of aromatic hydroxyl groups is 1. The number of benzene rings is 2. The molecule has 1 aliphatic heterocycles. The quantitative estimate of drug-likeness (QED) is 0.361. The van der Waals surface area contributed by atoms with E-state index < -0.39 is 16.4 Å². The number of phenols is 1. The first kappa shape index (κ1) is 18.9. The van der Waals surface area contributed by atoms with Gasteiger partial charge < -0.3 is 10.0 Å². The molecule has 27 heavy (non-hydrogen) atoms. The number of rotatable bonds is 4. The number of nitro benzene ring substituents is 1. The second-order valence-electron chi connectivity index (χ2n) is 5.93. The van der Waals surface area contributed by atoms with Crippen LogP contribution in [-0.2, 0) is 4.79 Å². The number of nitro groups is 1. The summed E-state index contributed by atoms with van der Waals surface area (Å²) < 4.78 is 0.386. The lowest BCUT2D eigenvalue weighted by Crippen LogP contribution is -2.27. The summed E-state index contributed by atoms with van der Waals surface area (Å²) in [5.74, 6) is -0.719. The van der Waals surface area contributed by atoms with E-state index in [1.165, 1.54) is 29.2 Å². The number of carbonyl (C=O) groups excluding carboxylic acids is 1. The first-order chi connectivity index (χ1) is 12.8. The topological polar surface area (TPSA) is 86.9 Å². The average Bonchev–Trinajstić information content (AvgIpc) is 2.90. The van der Waals surface area contributed by atoms with Gasteiger partial charge in [-0.3, -0.25) is 19.8 Å². The van der Waals surface area contributed by atoms with E-state index in [9.17, 15) is 20.0 Å². The molecule has 0 aromatic heterocycles. The van der Waals surface area contributed by atoms with Gasteiger partial charge >= 0.3 is 5.69 Å². The second-order valence-corrected chi connectivity index (χ2v) is 7.61. The number of thiocarbonyl (C=S) groups is 1. The van der Waals surface area contributed by atoms with E-state index in [1.54, 1.807) is 0 Å². The van der Waals surface area contributed by atoms with E-state index >= 15 is 0 Å². The van der Waals surface area contributed by atoms with Gasteiger partial charge in [0.25, 0.3) is 5.91 Å². The van der Waals surface area contributed by atoms with Crippen molar-refractivity contribution in [1.82, 2.24) is 0 Å². The monoisotopic (exact) mass is 401 g/mol. The molecule has 0 saturated carbocycles. The highest BCUT2D eigenvalue weighted by atomic mass is 32.2. The zero-order valence-electron chi connectivity index (χ0n) is 14.4. The van der Waals surface area contributed by atoms with E-state index in [-0.39, 0.29) is 5.91 Å². The van der Waals surface area contributed by atoms with Gasteiger partial charge in [0.1, 0.15) is 0 Å². The lowest BCUT2D eigenvalue weighted by atomic mass is 10.1. The van der Waals surface area contributed by atoms with Crippen LogP contribution in [0.3, 0.4) is 0 Å². The molecule has 3 rings (SSSR count). The molecular weight excluding hydrogens is 386 g/mol. The summed E-state index contributed by atoms with van der Waals surface area (Å²) in [6.45, 7) is 0. The second kappa shape index (κ2) is 7.37. The Labute approximate surface area is 165 Å². The highest BCUT2D eigenvalue weighted by Crippen LogP contribution is 2.37. The molecule has 0 bridgehead atoms. The molecular formula is C18H15N3O4S2. The Morgan fingerprint density at radius 3 is 2.48 bits per heavy atom. The van der Waals surface area contributed by atoms with E-state index in [0.29, 0.717) is 20.5 Å². The molecule has 2 aromatic rings. The largest absolute Gasteiger partial charge is 0.502 e. The summed E-state index contributed by atoms with van der Waals surface area (Å²) >= 11 is 6.46. The highest BCUT2D eigenvalue weighted by Gasteiger charge is 2.33. The zero-order chi connectivity index (χ0) is 19.7. The zero-order valence-corrected chi connectivity index (χ0v) is 16.1. The Bertz CT molecular complexity index is 971. The fraction of sp³-hybridized carbons (Fsp3) is 0.111. The average molecular weight is 401 g/mol. The van der Waals surface area contributed by atoms with E-state index in [4.69, 9.17) is 12.2 Å². The van der Waals surface area contributed by atoms with Gasteiger partial charge in [-0.25, -0.2) is 0 Å². The molecule has 0 radical (unpaired) electrons. The number of nitrogens with zero attached hydrogens (tertiary/aromatic N) is 3. The maximum atomic E-state index is 12.8. The molecule has 1 heterocycles. The molecule has 2 aromatic carbocycles. The summed E-state index contributed by atoms with van der Waals surface area (Å²) in [5, 5.41) is 20.5. The van der Waals surface area contributed by atoms with Gasteiger partial charge in [-0.2, -0.15) is 0 Å². The molecule has 0 unspecified atom stereocenters. The minimum absolute atomic E-state index is 0.293.